The predicted octanol–water partition coefficient (Wildman–Crippen LogP) is 2.95. The summed E-state index contributed by atoms with van der Waals surface area (Å²) in [5.74, 6) is -0.349. The molecule has 0 heterocycles. The molecule has 0 aromatic heterocycles. The second kappa shape index (κ2) is 8.57. The van der Waals surface area contributed by atoms with Crippen LogP contribution in [-0.4, -0.2) is 47.7 Å². The zero-order valence-corrected chi connectivity index (χ0v) is 14.3. The van der Waals surface area contributed by atoms with Crippen LogP contribution < -0.4 is 9.47 Å². The van der Waals surface area contributed by atoms with Crippen molar-refractivity contribution < 1.29 is 24.2 Å². The van der Waals surface area contributed by atoms with Crippen LogP contribution in [-0.2, 0) is 4.79 Å². The summed E-state index contributed by atoms with van der Waals surface area (Å²) >= 11 is 0. The van der Waals surface area contributed by atoms with Gasteiger partial charge in [-0.1, -0.05) is 12.8 Å². The minimum atomic E-state index is -1.06. The lowest BCUT2D eigenvalue weighted by molar-refractivity contribution is -0.139. The summed E-state index contributed by atoms with van der Waals surface area (Å²) < 4.78 is 10.7. The van der Waals surface area contributed by atoms with Crippen molar-refractivity contribution in [3.63, 3.8) is 0 Å². The van der Waals surface area contributed by atoms with Crippen molar-refractivity contribution in [2.45, 2.75) is 45.6 Å². The Hall–Kier alpha value is -2.24. The monoisotopic (exact) mass is 335 g/mol. The molecule has 1 N–H and O–H groups in total. The third kappa shape index (κ3) is 4.40. The molecule has 0 atom stereocenters. The van der Waals surface area contributed by atoms with Crippen LogP contribution in [0, 0.1) is 0 Å². The van der Waals surface area contributed by atoms with E-state index in [0.717, 1.165) is 12.8 Å². The zero-order valence-electron chi connectivity index (χ0n) is 14.3. The molecular formula is C18H25NO5. The van der Waals surface area contributed by atoms with Crippen molar-refractivity contribution in [1.82, 2.24) is 4.90 Å². The average molecular weight is 335 g/mol. The second-order valence-electron chi connectivity index (χ2n) is 5.81. The lowest BCUT2D eigenvalue weighted by Crippen LogP contribution is -2.38. The van der Waals surface area contributed by atoms with Gasteiger partial charge in [0.15, 0.2) is 18.1 Å². The van der Waals surface area contributed by atoms with Crippen LogP contribution in [0.1, 0.15) is 49.9 Å². The van der Waals surface area contributed by atoms with Gasteiger partial charge in [0.2, 0.25) is 0 Å². The molecule has 132 valence electrons. The number of aliphatic carboxylic acids is 1. The van der Waals surface area contributed by atoms with E-state index < -0.39 is 12.6 Å². The van der Waals surface area contributed by atoms with Gasteiger partial charge in [-0.15, -0.1) is 0 Å². The van der Waals surface area contributed by atoms with Crippen LogP contribution in [0.3, 0.4) is 0 Å². The fourth-order valence-electron chi connectivity index (χ4n) is 3.12. The normalized spacial score (nSPS) is 14.4. The number of carbonyl (C=O) groups is 2. The van der Waals surface area contributed by atoms with Crippen LogP contribution in [0.5, 0.6) is 11.5 Å². The molecule has 0 saturated heterocycles. The van der Waals surface area contributed by atoms with Crippen molar-refractivity contribution in [3.8, 4) is 11.5 Å². The van der Waals surface area contributed by atoms with Gasteiger partial charge in [-0.25, -0.2) is 4.79 Å². The van der Waals surface area contributed by atoms with Gasteiger partial charge in [-0.2, -0.15) is 0 Å². The number of hydrogen-bond donors (Lipinski definition) is 1. The van der Waals surface area contributed by atoms with E-state index in [1.807, 2.05) is 18.7 Å². The Morgan fingerprint density at radius 1 is 1.17 bits per heavy atom. The summed E-state index contributed by atoms with van der Waals surface area (Å²) in [7, 11) is 0. The smallest absolute Gasteiger partial charge is 0.341 e. The Morgan fingerprint density at radius 2 is 1.88 bits per heavy atom. The van der Waals surface area contributed by atoms with E-state index in [0.29, 0.717) is 36.3 Å². The highest BCUT2D eigenvalue weighted by molar-refractivity contribution is 5.95. The number of benzene rings is 1. The van der Waals surface area contributed by atoms with Gasteiger partial charge >= 0.3 is 5.97 Å². The SMILES string of the molecule is CCOc1cc(C(=O)N(CC)C2CCCC2)ccc1OCC(=O)O. The van der Waals surface area contributed by atoms with Crippen molar-refractivity contribution in [2.75, 3.05) is 19.8 Å². The van der Waals surface area contributed by atoms with E-state index in [4.69, 9.17) is 14.6 Å². The third-order valence-electron chi connectivity index (χ3n) is 4.21. The maximum Gasteiger partial charge on any atom is 0.341 e. The fourth-order valence-corrected chi connectivity index (χ4v) is 3.12. The molecule has 1 saturated carbocycles. The van der Waals surface area contributed by atoms with Crippen LogP contribution in [0.2, 0.25) is 0 Å². The third-order valence-corrected chi connectivity index (χ3v) is 4.21. The average Bonchev–Trinajstić information content (AvgIpc) is 3.08. The summed E-state index contributed by atoms with van der Waals surface area (Å²) in [6.07, 6.45) is 4.44. The first-order chi connectivity index (χ1) is 11.6. The van der Waals surface area contributed by atoms with Crippen LogP contribution in [0.15, 0.2) is 18.2 Å². The Morgan fingerprint density at radius 3 is 2.46 bits per heavy atom. The molecule has 0 unspecified atom stereocenters. The van der Waals surface area contributed by atoms with E-state index in [-0.39, 0.29) is 5.91 Å². The van der Waals surface area contributed by atoms with Crippen molar-refractivity contribution in [2.24, 2.45) is 0 Å². The number of hydrogen-bond acceptors (Lipinski definition) is 4. The Kier molecular flexibility index (Phi) is 6.46. The minimum Gasteiger partial charge on any atom is -0.490 e. The van der Waals surface area contributed by atoms with Crippen molar-refractivity contribution in [1.29, 1.82) is 0 Å². The number of amides is 1. The summed E-state index contributed by atoms with van der Waals surface area (Å²) in [4.78, 5) is 25.4. The van der Waals surface area contributed by atoms with Gasteiger partial charge in [0.25, 0.3) is 5.91 Å². The molecule has 1 amide bonds. The summed E-state index contributed by atoms with van der Waals surface area (Å²) in [6.45, 7) is 4.44. The molecule has 1 fully saturated rings. The Labute approximate surface area is 142 Å². The van der Waals surface area contributed by atoms with Gasteiger partial charge < -0.3 is 19.5 Å². The lowest BCUT2D eigenvalue weighted by Gasteiger charge is -2.28. The molecule has 0 bridgehead atoms. The number of rotatable bonds is 8. The Balaban J connectivity index is 2.20. The largest absolute Gasteiger partial charge is 0.490 e. The van der Waals surface area contributed by atoms with Crippen LogP contribution >= 0.6 is 0 Å². The van der Waals surface area contributed by atoms with Gasteiger partial charge in [-0.05, 0) is 44.9 Å². The van der Waals surface area contributed by atoms with E-state index in [1.54, 1.807) is 18.2 Å². The van der Waals surface area contributed by atoms with Gasteiger partial charge in [-0.3, -0.25) is 4.79 Å². The summed E-state index contributed by atoms with van der Waals surface area (Å²) in [5, 5.41) is 8.74. The molecule has 0 spiro atoms. The van der Waals surface area contributed by atoms with E-state index in [2.05, 4.69) is 0 Å². The fraction of sp³-hybridized carbons (Fsp3) is 0.556. The predicted molar refractivity (Wildman–Crippen MR) is 89.7 cm³/mol. The van der Waals surface area contributed by atoms with Gasteiger partial charge in [0.1, 0.15) is 0 Å². The van der Waals surface area contributed by atoms with Crippen LogP contribution in [0.25, 0.3) is 0 Å². The van der Waals surface area contributed by atoms with E-state index >= 15 is 0 Å². The zero-order chi connectivity index (χ0) is 17.5. The lowest BCUT2D eigenvalue weighted by atomic mass is 10.1. The topological polar surface area (TPSA) is 76.1 Å². The molecule has 6 nitrogen and oxygen atoms in total. The van der Waals surface area contributed by atoms with E-state index in [1.165, 1.54) is 12.8 Å². The number of carbonyl (C=O) groups excluding carboxylic acids is 1. The highest BCUT2D eigenvalue weighted by atomic mass is 16.5. The highest BCUT2D eigenvalue weighted by Crippen LogP contribution is 2.30. The van der Waals surface area contributed by atoms with Crippen molar-refractivity contribution >= 4 is 11.9 Å². The molecule has 6 heteroatoms. The standard InChI is InChI=1S/C18H25NO5/c1-3-19(14-7-5-6-8-14)18(22)13-9-10-15(24-12-17(20)21)16(11-13)23-4-2/h9-11,14H,3-8,12H2,1-2H3,(H,20,21). The second-order valence-corrected chi connectivity index (χ2v) is 5.81. The minimum absolute atomic E-state index is 0.0184. The molecule has 0 radical (unpaired) electrons. The first-order valence-corrected chi connectivity index (χ1v) is 8.49. The summed E-state index contributed by atoms with van der Waals surface area (Å²) in [5.41, 5.74) is 0.537. The first-order valence-electron chi connectivity index (χ1n) is 8.49. The molecule has 0 aliphatic heterocycles. The first kappa shape index (κ1) is 18.1. The number of ether oxygens (including phenoxy) is 2. The summed E-state index contributed by atoms with van der Waals surface area (Å²) in [6, 6.07) is 5.21. The van der Waals surface area contributed by atoms with Crippen LogP contribution in [0.4, 0.5) is 0 Å². The van der Waals surface area contributed by atoms with Gasteiger partial charge in [0, 0.05) is 18.2 Å². The molecule has 1 aromatic rings. The number of carboxylic acids is 1. The molecule has 1 aromatic carbocycles. The maximum absolute atomic E-state index is 12.8. The van der Waals surface area contributed by atoms with Crippen molar-refractivity contribution in [3.05, 3.63) is 23.8 Å². The molecular weight excluding hydrogens is 310 g/mol. The molecule has 24 heavy (non-hydrogen) atoms. The molecule has 2 rings (SSSR count). The molecule has 1 aliphatic rings. The highest BCUT2D eigenvalue weighted by Gasteiger charge is 2.26. The quantitative estimate of drug-likeness (QED) is 0.790. The molecule has 1 aliphatic carbocycles. The maximum atomic E-state index is 12.8. The van der Waals surface area contributed by atoms with Gasteiger partial charge in [0.05, 0.1) is 6.61 Å². The number of nitrogens with zero attached hydrogens (tertiary/aromatic N) is 1. The number of carboxylic acid groups (broad SMARTS) is 1. The van der Waals surface area contributed by atoms with E-state index in [9.17, 15) is 9.59 Å². The Bertz CT molecular complexity index is 581.